The van der Waals surface area contributed by atoms with Gasteiger partial charge in [-0.25, -0.2) is 8.42 Å². The normalized spacial score (nSPS) is 14.3. The first-order valence-corrected chi connectivity index (χ1v) is 11.4. The number of hydrogen-bond donors (Lipinski definition) is 2. The van der Waals surface area contributed by atoms with E-state index in [1.807, 2.05) is 0 Å². The van der Waals surface area contributed by atoms with Crippen molar-refractivity contribution in [1.29, 1.82) is 0 Å². The maximum Gasteiger partial charge on any atom is 0.256 e. The van der Waals surface area contributed by atoms with Gasteiger partial charge in [0, 0.05) is 10.4 Å². The van der Waals surface area contributed by atoms with Gasteiger partial charge in [-0.15, -0.1) is 11.3 Å². The zero-order chi connectivity index (χ0) is 19.6. The number of nitrogens with two attached hydrogens (primary N) is 1. The van der Waals surface area contributed by atoms with Crippen LogP contribution in [0.4, 0.5) is 5.00 Å². The van der Waals surface area contributed by atoms with Gasteiger partial charge in [-0.05, 0) is 49.4 Å². The fourth-order valence-corrected chi connectivity index (χ4v) is 5.48. The van der Waals surface area contributed by atoms with Crippen molar-refractivity contribution in [2.24, 2.45) is 5.73 Å². The van der Waals surface area contributed by atoms with E-state index in [0.717, 1.165) is 42.5 Å². The molecule has 6 nitrogen and oxygen atoms in total. The van der Waals surface area contributed by atoms with Crippen molar-refractivity contribution in [3.05, 3.63) is 45.8 Å². The minimum atomic E-state index is -3.41. The highest BCUT2D eigenvalue weighted by atomic mass is 32.2. The molecule has 0 spiro atoms. The van der Waals surface area contributed by atoms with Crippen LogP contribution >= 0.6 is 11.3 Å². The zero-order valence-corrected chi connectivity index (χ0v) is 16.7. The first-order chi connectivity index (χ1) is 12.8. The summed E-state index contributed by atoms with van der Waals surface area (Å²) in [5.41, 5.74) is 7.15. The van der Waals surface area contributed by atoms with Crippen molar-refractivity contribution in [2.45, 2.75) is 43.9 Å². The summed E-state index contributed by atoms with van der Waals surface area (Å²) in [5, 5.41) is 3.21. The van der Waals surface area contributed by atoms with Crippen LogP contribution in [0.1, 0.15) is 57.3 Å². The third-order valence-electron chi connectivity index (χ3n) is 4.73. The Morgan fingerprint density at radius 2 is 1.93 bits per heavy atom. The molecule has 0 bridgehead atoms. The first kappa shape index (κ1) is 19.6. The van der Waals surface area contributed by atoms with E-state index in [9.17, 15) is 18.0 Å². The summed E-state index contributed by atoms with van der Waals surface area (Å²) in [5.74, 6) is -1.05. The maximum atomic E-state index is 12.7. The van der Waals surface area contributed by atoms with Crippen LogP contribution in [0.25, 0.3) is 0 Å². The number of carbonyl (C=O) groups is 2. The molecule has 0 saturated heterocycles. The second-order valence-electron chi connectivity index (χ2n) is 6.52. The molecule has 8 heteroatoms. The molecule has 0 fully saturated rings. The number of sulfone groups is 1. The lowest BCUT2D eigenvalue weighted by Crippen LogP contribution is -2.18. The topological polar surface area (TPSA) is 106 Å². The Kier molecular flexibility index (Phi) is 5.67. The summed E-state index contributed by atoms with van der Waals surface area (Å²) in [6, 6.07) is 5.91. The lowest BCUT2D eigenvalue weighted by molar-refractivity contribution is 0.100. The quantitative estimate of drug-likeness (QED) is 0.744. The molecule has 1 aliphatic carbocycles. The van der Waals surface area contributed by atoms with E-state index in [4.69, 9.17) is 5.73 Å². The number of primary amides is 1. The van der Waals surface area contributed by atoms with E-state index in [-0.39, 0.29) is 16.2 Å². The van der Waals surface area contributed by atoms with Gasteiger partial charge in [0.25, 0.3) is 11.8 Å². The molecule has 0 aliphatic heterocycles. The first-order valence-electron chi connectivity index (χ1n) is 8.92. The smallest absolute Gasteiger partial charge is 0.256 e. The van der Waals surface area contributed by atoms with Gasteiger partial charge < -0.3 is 11.1 Å². The Morgan fingerprint density at radius 3 is 2.63 bits per heavy atom. The summed E-state index contributed by atoms with van der Waals surface area (Å²) in [4.78, 5) is 25.9. The fourth-order valence-electron chi connectivity index (χ4n) is 3.26. The van der Waals surface area contributed by atoms with Gasteiger partial charge in [0.1, 0.15) is 5.00 Å². The Hall–Kier alpha value is -2.19. The molecule has 1 aliphatic rings. The summed E-state index contributed by atoms with van der Waals surface area (Å²) in [6.45, 7) is 1.56. The van der Waals surface area contributed by atoms with Crippen molar-refractivity contribution in [1.82, 2.24) is 0 Å². The number of thiophene rings is 1. The van der Waals surface area contributed by atoms with Gasteiger partial charge in [0.15, 0.2) is 9.84 Å². The predicted octanol–water partition coefficient (Wildman–Crippen LogP) is 3.16. The van der Waals surface area contributed by atoms with Crippen LogP contribution in [-0.4, -0.2) is 26.0 Å². The summed E-state index contributed by atoms with van der Waals surface area (Å²) < 4.78 is 24.1. The van der Waals surface area contributed by atoms with E-state index < -0.39 is 21.7 Å². The Balaban J connectivity index is 1.93. The molecule has 1 aromatic heterocycles. The number of benzene rings is 1. The maximum absolute atomic E-state index is 12.7. The minimum absolute atomic E-state index is 0.0401. The van der Waals surface area contributed by atoms with E-state index >= 15 is 0 Å². The molecule has 0 saturated carbocycles. The average Bonchev–Trinajstić information content (AvgIpc) is 2.82. The van der Waals surface area contributed by atoms with E-state index in [1.165, 1.54) is 29.5 Å². The molecule has 2 amide bonds. The van der Waals surface area contributed by atoms with Crippen molar-refractivity contribution < 1.29 is 18.0 Å². The molecular formula is C19H22N2O4S2. The molecule has 27 heavy (non-hydrogen) atoms. The van der Waals surface area contributed by atoms with Gasteiger partial charge in [-0.2, -0.15) is 0 Å². The van der Waals surface area contributed by atoms with Crippen LogP contribution < -0.4 is 11.1 Å². The lowest BCUT2D eigenvalue weighted by atomic mass is 10.1. The second kappa shape index (κ2) is 7.82. The lowest BCUT2D eigenvalue weighted by Gasteiger charge is -2.08. The molecule has 1 heterocycles. The van der Waals surface area contributed by atoms with Gasteiger partial charge in [0.05, 0.1) is 16.2 Å². The molecule has 2 aromatic rings. The van der Waals surface area contributed by atoms with Crippen molar-refractivity contribution in [2.75, 3.05) is 11.1 Å². The Labute approximate surface area is 162 Å². The van der Waals surface area contributed by atoms with Gasteiger partial charge in [0.2, 0.25) is 0 Å². The Morgan fingerprint density at radius 1 is 1.19 bits per heavy atom. The standard InChI is InChI=1S/C19H22N2O4S2/c1-2-27(24,25)13-8-6-7-12(11-13)18(23)21-19-16(17(20)22)14-9-4-3-5-10-15(14)26-19/h6-8,11H,2-5,9-10H2,1H3,(H2,20,22)(H,21,23). The monoisotopic (exact) mass is 406 g/mol. The molecule has 144 valence electrons. The van der Waals surface area contributed by atoms with Gasteiger partial charge >= 0.3 is 0 Å². The van der Waals surface area contributed by atoms with Crippen LogP contribution in [0.5, 0.6) is 0 Å². The molecule has 0 unspecified atom stereocenters. The third-order valence-corrected chi connectivity index (χ3v) is 7.67. The van der Waals surface area contributed by atoms with E-state index in [2.05, 4.69) is 5.32 Å². The van der Waals surface area contributed by atoms with Crippen molar-refractivity contribution >= 4 is 38.0 Å². The fraction of sp³-hybridized carbons (Fsp3) is 0.368. The van der Waals surface area contributed by atoms with Crippen LogP contribution in [0.3, 0.4) is 0 Å². The van der Waals surface area contributed by atoms with Crippen molar-refractivity contribution in [3.8, 4) is 0 Å². The largest absolute Gasteiger partial charge is 0.365 e. The number of amides is 2. The summed E-state index contributed by atoms with van der Waals surface area (Å²) in [6.07, 6.45) is 4.81. The summed E-state index contributed by atoms with van der Waals surface area (Å²) >= 11 is 1.39. The number of anilines is 1. The average molecular weight is 407 g/mol. The highest BCUT2D eigenvalue weighted by molar-refractivity contribution is 7.91. The van der Waals surface area contributed by atoms with Crippen LogP contribution in [0, 0.1) is 0 Å². The van der Waals surface area contributed by atoms with Crippen molar-refractivity contribution in [3.63, 3.8) is 0 Å². The summed E-state index contributed by atoms with van der Waals surface area (Å²) in [7, 11) is -3.41. The van der Waals surface area contributed by atoms with Crippen LogP contribution in [-0.2, 0) is 22.7 Å². The minimum Gasteiger partial charge on any atom is -0.365 e. The van der Waals surface area contributed by atoms with E-state index in [1.54, 1.807) is 13.0 Å². The highest BCUT2D eigenvalue weighted by Crippen LogP contribution is 2.37. The number of nitrogens with one attached hydrogen (secondary N) is 1. The van der Waals surface area contributed by atoms with Gasteiger partial charge in [-0.3, -0.25) is 9.59 Å². The number of carbonyl (C=O) groups excluding carboxylic acids is 2. The van der Waals surface area contributed by atoms with Crippen LogP contribution in [0.2, 0.25) is 0 Å². The highest BCUT2D eigenvalue weighted by Gasteiger charge is 2.24. The second-order valence-corrected chi connectivity index (χ2v) is 9.90. The predicted molar refractivity (Wildman–Crippen MR) is 106 cm³/mol. The Bertz CT molecular complexity index is 993. The van der Waals surface area contributed by atoms with E-state index in [0.29, 0.717) is 10.6 Å². The molecule has 1 aromatic carbocycles. The number of aryl methyl sites for hydroxylation is 1. The third kappa shape index (κ3) is 4.06. The molecule has 3 rings (SSSR count). The molecular weight excluding hydrogens is 384 g/mol. The SMILES string of the molecule is CCS(=O)(=O)c1cccc(C(=O)Nc2sc3c(c2C(N)=O)CCCCC3)c1. The number of rotatable bonds is 5. The number of fused-ring (bicyclic) bond motifs is 1. The molecule has 0 radical (unpaired) electrons. The molecule has 0 atom stereocenters. The zero-order valence-electron chi connectivity index (χ0n) is 15.1. The molecule has 3 N–H and O–H groups in total. The van der Waals surface area contributed by atoms with Gasteiger partial charge in [-0.1, -0.05) is 19.4 Å². The van der Waals surface area contributed by atoms with Crippen LogP contribution in [0.15, 0.2) is 29.2 Å². The number of hydrogen-bond acceptors (Lipinski definition) is 5.